The third kappa shape index (κ3) is 2.79. The molecule has 1 heterocycles. The molecular weight excluding hydrogens is 240 g/mol. The normalized spacial score (nSPS) is 12.7. The fourth-order valence-electron chi connectivity index (χ4n) is 2.15. The molecule has 0 radical (unpaired) electrons. The Bertz CT molecular complexity index is 531. The zero-order valence-corrected chi connectivity index (χ0v) is 12.1. The second-order valence-electron chi connectivity index (χ2n) is 4.82. The molecule has 3 heteroatoms. The van der Waals surface area contributed by atoms with Gasteiger partial charge in [-0.25, -0.2) is 4.98 Å². The molecule has 0 saturated carbocycles. The molecule has 96 valence electrons. The summed E-state index contributed by atoms with van der Waals surface area (Å²) in [6.45, 7) is 7.17. The predicted molar refractivity (Wildman–Crippen MR) is 79.1 cm³/mol. The second-order valence-corrected chi connectivity index (χ2v) is 5.85. The van der Waals surface area contributed by atoms with Gasteiger partial charge < -0.3 is 5.73 Å². The molecule has 0 aliphatic heterocycles. The van der Waals surface area contributed by atoms with Crippen LogP contribution >= 0.6 is 11.3 Å². The van der Waals surface area contributed by atoms with E-state index >= 15 is 0 Å². The fraction of sp³-hybridized carbons (Fsp3) is 0.400. The van der Waals surface area contributed by atoms with Crippen molar-refractivity contribution in [1.29, 1.82) is 0 Å². The summed E-state index contributed by atoms with van der Waals surface area (Å²) in [6, 6.07) is 8.52. The molecule has 2 nitrogen and oxygen atoms in total. The van der Waals surface area contributed by atoms with E-state index in [1.54, 1.807) is 11.3 Å². The van der Waals surface area contributed by atoms with Gasteiger partial charge in [-0.05, 0) is 38.8 Å². The lowest BCUT2D eigenvalue weighted by atomic mass is 10.1. The number of nitrogens with zero attached hydrogens (tertiary/aromatic N) is 1. The van der Waals surface area contributed by atoms with Crippen molar-refractivity contribution in [1.82, 2.24) is 4.98 Å². The van der Waals surface area contributed by atoms with Crippen molar-refractivity contribution in [3.63, 3.8) is 0 Å². The Morgan fingerprint density at radius 1 is 1.33 bits per heavy atom. The third-order valence-electron chi connectivity index (χ3n) is 3.14. The number of aryl methyl sites for hydroxylation is 2. The molecule has 0 amide bonds. The molecule has 2 N–H and O–H groups in total. The number of hydrogen-bond donors (Lipinski definition) is 1. The summed E-state index contributed by atoms with van der Waals surface area (Å²) in [6.07, 6.45) is 1.02. The third-order valence-corrected chi connectivity index (χ3v) is 4.58. The lowest BCUT2D eigenvalue weighted by Crippen LogP contribution is -2.04. The Morgan fingerprint density at radius 2 is 2.11 bits per heavy atom. The van der Waals surface area contributed by atoms with Gasteiger partial charge in [0.15, 0.2) is 0 Å². The first-order chi connectivity index (χ1) is 8.61. The van der Waals surface area contributed by atoms with Crippen LogP contribution in [0.4, 0.5) is 0 Å². The Labute approximate surface area is 113 Å². The SMILES string of the molecule is Cc1cccc(-c2nc(C)c(C(C)CCN)s2)c1. The summed E-state index contributed by atoms with van der Waals surface area (Å²) in [5.74, 6) is 0.506. The summed E-state index contributed by atoms with van der Waals surface area (Å²) >= 11 is 1.80. The average Bonchev–Trinajstić information content (AvgIpc) is 2.72. The van der Waals surface area contributed by atoms with Crippen molar-refractivity contribution in [2.24, 2.45) is 5.73 Å². The molecule has 0 aliphatic rings. The van der Waals surface area contributed by atoms with Gasteiger partial charge in [-0.3, -0.25) is 0 Å². The monoisotopic (exact) mass is 260 g/mol. The standard InChI is InChI=1S/C15H20N2S/c1-10-5-4-6-13(9-10)15-17-12(3)14(18-15)11(2)7-8-16/h4-6,9,11H,7-8,16H2,1-3H3. The van der Waals surface area contributed by atoms with Crippen molar-refractivity contribution in [3.05, 3.63) is 40.4 Å². The van der Waals surface area contributed by atoms with Gasteiger partial charge in [0.25, 0.3) is 0 Å². The second kappa shape index (κ2) is 5.63. The van der Waals surface area contributed by atoms with E-state index in [9.17, 15) is 0 Å². The number of nitrogens with two attached hydrogens (primary N) is 1. The zero-order valence-electron chi connectivity index (χ0n) is 11.2. The van der Waals surface area contributed by atoms with E-state index in [1.807, 2.05) is 0 Å². The molecule has 0 aliphatic carbocycles. The van der Waals surface area contributed by atoms with Crippen LogP contribution in [0, 0.1) is 13.8 Å². The van der Waals surface area contributed by atoms with Gasteiger partial charge in [0.1, 0.15) is 5.01 Å². The minimum Gasteiger partial charge on any atom is -0.330 e. The van der Waals surface area contributed by atoms with Gasteiger partial charge in [0.05, 0.1) is 5.69 Å². The van der Waals surface area contributed by atoms with E-state index in [0.717, 1.165) is 23.7 Å². The molecule has 2 rings (SSSR count). The van der Waals surface area contributed by atoms with E-state index in [4.69, 9.17) is 10.7 Å². The lowest BCUT2D eigenvalue weighted by Gasteiger charge is -2.07. The van der Waals surface area contributed by atoms with E-state index < -0.39 is 0 Å². The number of thiazole rings is 1. The maximum absolute atomic E-state index is 5.64. The van der Waals surface area contributed by atoms with Crippen LogP contribution in [0.3, 0.4) is 0 Å². The molecule has 18 heavy (non-hydrogen) atoms. The molecule has 0 bridgehead atoms. The van der Waals surface area contributed by atoms with Crippen LogP contribution in [-0.4, -0.2) is 11.5 Å². The highest BCUT2D eigenvalue weighted by Crippen LogP contribution is 2.33. The summed E-state index contributed by atoms with van der Waals surface area (Å²) in [5, 5.41) is 1.12. The number of benzene rings is 1. The Morgan fingerprint density at radius 3 is 2.78 bits per heavy atom. The molecule has 1 aromatic heterocycles. The van der Waals surface area contributed by atoms with Crippen LogP contribution in [0.2, 0.25) is 0 Å². The van der Waals surface area contributed by atoms with Crippen molar-refractivity contribution in [2.75, 3.05) is 6.54 Å². The van der Waals surface area contributed by atoms with Crippen LogP contribution < -0.4 is 5.73 Å². The highest BCUT2D eigenvalue weighted by atomic mass is 32.1. The van der Waals surface area contributed by atoms with Gasteiger partial charge in [-0.2, -0.15) is 0 Å². The molecule has 1 atom stereocenters. The zero-order chi connectivity index (χ0) is 13.1. The maximum atomic E-state index is 5.64. The fourth-order valence-corrected chi connectivity index (χ4v) is 3.30. The number of aromatic nitrogens is 1. The topological polar surface area (TPSA) is 38.9 Å². The molecule has 1 aromatic carbocycles. The van der Waals surface area contributed by atoms with Gasteiger partial charge >= 0.3 is 0 Å². The molecule has 2 aromatic rings. The first kappa shape index (κ1) is 13.2. The molecule has 1 unspecified atom stereocenters. The first-order valence-electron chi connectivity index (χ1n) is 6.36. The lowest BCUT2D eigenvalue weighted by molar-refractivity contribution is 0.696. The maximum Gasteiger partial charge on any atom is 0.123 e. The van der Waals surface area contributed by atoms with Crippen molar-refractivity contribution >= 4 is 11.3 Å². The van der Waals surface area contributed by atoms with E-state index in [0.29, 0.717) is 5.92 Å². The average molecular weight is 260 g/mol. The highest BCUT2D eigenvalue weighted by Gasteiger charge is 2.14. The molecular formula is C15H20N2S. The summed E-state index contributed by atoms with van der Waals surface area (Å²) in [7, 11) is 0. The summed E-state index contributed by atoms with van der Waals surface area (Å²) in [5.41, 5.74) is 9.28. The number of rotatable bonds is 4. The van der Waals surface area contributed by atoms with Gasteiger partial charge in [-0.1, -0.05) is 30.7 Å². The van der Waals surface area contributed by atoms with Crippen molar-refractivity contribution in [3.8, 4) is 10.6 Å². The van der Waals surface area contributed by atoms with Crippen molar-refractivity contribution < 1.29 is 0 Å². The molecule has 0 saturated heterocycles. The largest absolute Gasteiger partial charge is 0.330 e. The van der Waals surface area contributed by atoms with Crippen LogP contribution in [-0.2, 0) is 0 Å². The summed E-state index contributed by atoms with van der Waals surface area (Å²) in [4.78, 5) is 6.08. The Kier molecular flexibility index (Phi) is 4.15. The smallest absolute Gasteiger partial charge is 0.123 e. The van der Waals surface area contributed by atoms with E-state index in [1.165, 1.54) is 16.0 Å². The molecule has 0 fully saturated rings. The van der Waals surface area contributed by atoms with E-state index in [2.05, 4.69) is 45.0 Å². The van der Waals surface area contributed by atoms with Crippen molar-refractivity contribution in [2.45, 2.75) is 33.1 Å². The Hall–Kier alpha value is -1.19. The van der Waals surface area contributed by atoms with Crippen LogP contribution in [0.25, 0.3) is 10.6 Å². The quantitative estimate of drug-likeness (QED) is 0.906. The minimum absolute atomic E-state index is 0.506. The van der Waals surface area contributed by atoms with Crippen LogP contribution in [0.1, 0.15) is 35.4 Å². The first-order valence-corrected chi connectivity index (χ1v) is 7.18. The number of hydrogen-bond acceptors (Lipinski definition) is 3. The van der Waals surface area contributed by atoms with Gasteiger partial charge in [0.2, 0.25) is 0 Å². The predicted octanol–water partition coefficient (Wildman–Crippen LogP) is 3.88. The minimum atomic E-state index is 0.506. The van der Waals surface area contributed by atoms with Crippen LogP contribution in [0.15, 0.2) is 24.3 Å². The Balaban J connectivity index is 2.34. The molecule has 0 spiro atoms. The van der Waals surface area contributed by atoms with E-state index in [-0.39, 0.29) is 0 Å². The summed E-state index contributed by atoms with van der Waals surface area (Å²) < 4.78 is 0. The van der Waals surface area contributed by atoms with Gasteiger partial charge in [0, 0.05) is 10.4 Å². The van der Waals surface area contributed by atoms with Crippen LogP contribution in [0.5, 0.6) is 0 Å². The highest BCUT2D eigenvalue weighted by molar-refractivity contribution is 7.15. The van der Waals surface area contributed by atoms with Gasteiger partial charge in [-0.15, -0.1) is 11.3 Å².